The first-order chi connectivity index (χ1) is 9.28. The van der Waals surface area contributed by atoms with E-state index in [9.17, 15) is 4.79 Å². The van der Waals surface area contributed by atoms with Gasteiger partial charge in [0.1, 0.15) is 5.69 Å². The van der Waals surface area contributed by atoms with Crippen molar-refractivity contribution >= 4 is 16.8 Å². The number of fused-ring (bicyclic) bond motifs is 1. The van der Waals surface area contributed by atoms with E-state index in [0.717, 1.165) is 30.4 Å². The van der Waals surface area contributed by atoms with Crippen molar-refractivity contribution in [3.8, 4) is 0 Å². The Bertz CT molecular complexity index is 611. The predicted octanol–water partition coefficient (Wildman–Crippen LogP) is 1.66. The van der Waals surface area contributed by atoms with Crippen molar-refractivity contribution in [1.82, 2.24) is 9.88 Å². The van der Waals surface area contributed by atoms with E-state index in [1.54, 1.807) is 6.07 Å². The second-order valence-electron chi connectivity index (χ2n) is 5.03. The fourth-order valence-electron chi connectivity index (χ4n) is 2.56. The van der Waals surface area contributed by atoms with Crippen LogP contribution in [0.25, 0.3) is 10.9 Å². The number of carbonyl (C=O) groups is 1. The third-order valence-corrected chi connectivity index (χ3v) is 3.72. The van der Waals surface area contributed by atoms with E-state index in [-0.39, 0.29) is 5.91 Å². The number of rotatable bonds is 2. The molecule has 3 rings (SSSR count). The largest absolute Gasteiger partial charge is 0.337 e. The van der Waals surface area contributed by atoms with Gasteiger partial charge in [0.25, 0.3) is 5.91 Å². The molecule has 1 fully saturated rings. The summed E-state index contributed by atoms with van der Waals surface area (Å²) >= 11 is 0. The Morgan fingerprint density at radius 1 is 1.32 bits per heavy atom. The molecule has 0 bridgehead atoms. The molecule has 4 nitrogen and oxygen atoms in total. The first-order valence-electron chi connectivity index (χ1n) is 6.63. The first kappa shape index (κ1) is 12.1. The van der Waals surface area contributed by atoms with Crippen LogP contribution in [0.5, 0.6) is 0 Å². The van der Waals surface area contributed by atoms with Gasteiger partial charge < -0.3 is 10.6 Å². The lowest BCUT2D eigenvalue weighted by Crippen LogP contribution is -2.30. The van der Waals surface area contributed by atoms with E-state index in [1.807, 2.05) is 35.2 Å². The van der Waals surface area contributed by atoms with Crippen molar-refractivity contribution in [2.24, 2.45) is 11.7 Å². The second-order valence-corrected chi connectivity index (χ2v) is 5.03. The summed E-state index contributed by atoms with van der Waals surface area (Å²) in [6.07, 6.45) is 0.996. The van der Waals surface area contributed by atoms with Crippen LogP contribution < -0.4 is 5.73 Å². The number of likely N-dealkylation sites (tertiary alicyclic amines) is 1. The molecule has 1 amide bonds. The number of carbonyl (C=O) groups excluding carboxylic acids is 1. The van der Waals surface area contributed by atoms with E-state index in [0.29, 0.717) is 18.2 Å². The summed E-state index contributed by atoms with van der Waals surface area (Å²) in [5.74, 6) is 0.450. The van der Waals surface area contributed by atoms with E-state index >= 15 is 0 Å². The molecule has 1 unspecified atom stereocenters. The molecular formula is C15H17N3O. The zero-order valence-corrected chi connectivity index (χ0v) is 10.7. The monoisotopic (exact) mass is 255 g/mol. The number of nitrogens with two attached hydrogens (primary N) is 1. The zero-order chi connectivity index (χ0) is 13.2. The average molecular weight is 255 g/mol. The topological polar surface area (TPSA) is 59.2 Å². The fraction of sp³-hybridized carbons (Fsp3) is 0.333. The Morgan fingerprint density at radius 3 is 2.95 bits per heavy atom. The number of para-hydroxylation sites is 1. The number of pyridine rings is 1. The van der Waals surface area contributed by atoms with Gasteiger partial charge in [0, 0.05) is 18.5 Å². The Hall–Kier alpha value is -1.94. The third kappa shape index (κ3) is 2.31. The maximum absolute atomic E-state index is 12.4. The van der Waals surface area contributed by atoms with E-state index in [2.05, 4.69) is 4.98 Å². The quantitative estimate of drug-likeness (QED) is 0.887. The molecule has 1 aromatic carbocycles. The van der Waals surface area contributed by atoms with Crippen molar-refractivity contribution in [2.45, 2.75) is 6.42 Å². The highest BCUT2D eigenvalue weighted by molar-refractivity contribution is 5.95. The summed E-state index contributed by atoms with van der Waals surface area (Å²) in [5, 5.41) is 1.06. The molecule has 0 radical (unpaired) electrons. The maximum atomic E-state index is 12.4. The first-order valence-corrected chi connectivity index (χ1v) is 6.63. The molecule has 1 atom stereocenters. The summed E-state index contributed by atoms with van der Waals surface area (Å²) in [4.78, 5) is 18.7. The lowest BCUT2D eigenvalue weighted by Gasteiger charge is -2.15. The molecule has 2 N–H and O–H groups in total. The van der Waals surface area contributed by atoms with Gasteiger partial charge in [-0.3, -0.25) is 4.79 Å². The number of amides is 1. The van der Waals surface area contributed by atoms with Crippen LogP contribution in [0.3, 0.4) is 0 Å². The Kier molecular flexibility index (Phi) is 3.17. The van der Waals surface area contributed by atoms with Crippen molar-refractivity contribution in [1.29, 1.82) is 0 Å². The lowest BCUT2D eigenvalue weighted by molar-refractivity contribution is 0.0782. The van der Waals surface area contributed by atoms with Gasteiger partial charge in [-0.15, -0.1) is 0 Å². The molecule has 1 aromatic heterocycles. The number of benzene rings is 1. The predicted molar refractivity (Wildman–Crippen MR) is 74.8 cm³/mol. The minimum Gasteiger partial charge on any atom is -0.337 e. The van der Waals surface area contributed by atoms with E-state index in [4.69, 9.17) is 5.73 Å². The van der Waals surface area contributed by atoms with Gasteiger partial charge in [-0.1, -0.05) is 24.3 Å². The summed E-state index contributed by atoms with van der Waals surface area (Å²) in [6, 6.07) is 11.6. The molecule has 0 aliphatic carbocycles. The summed E-state index contributed by atoms with van der Waals surface area (Å²) in [7, 11) is 0. The molecule has 4 heteroatoms. The lowest BCUT2D eigenvalue weighted by atomic mass is 10.1. The SMILES string of the molecule is NCC1CCN(C(=O)c2ccc3ccccc3n2)C1. The van der Waals surface area contributed by atoms with Gasteiger partial charge in [0.2, 0.25) is 0 Å². The van der Waals surface area contributed by atoms with Crippen LogP contribution in [0.15, 0.2) is 36.4 Å². The molecule has 0 saturated carbocycles. The molecule has 1 saturated heterocycles. The second kappa shape index (κ2) is 4.97. The summed E-state index contributed by atoms with van der Waals surface area (Å²) in [6.45, 7) is 2.19. The van der Waals surface area contributed by atoms with Crippen LogP contribution in [-0.2, 0) is 0 Å². The van der Waals surface area contributed by atoms with Gasteiger partial charge in [-0.25, -0.2) is 4.98 Å². The van der Waals surface area contributed by atoms with E-state index in [1.165, 1.54) is 0 Å². The molecule has 0 spiro atoms. The van der Waals surface area contributed by atoms with Crippen LogP contribution >= 0.6 is 0 Å². The molecule has 1 aliphatic rings. The van der Waals surface area contributed by atoms with Crippen molar-refractivity contribution < 1.29 is 4.79 Å². The Labute approximate surface area is 112 Å². The standard InChI is InChI=1S/C15H17N3O/c16-9-11-7-8-18(10-11)15(19)14-6-5-12-3-1-2-4-13(12)17-14/h1-6,11H,7-10,16H2. The number of aromatic nitrogens is 1. The number of hydrogen-bond acceptors (Lipinski definition) is 3. The molecule has 2 aromatic rings. The Balaban J connectivity index is 1.85. The third-order valence-electron chi connectivity index (χ3n) is 3.72. The molecule has 1 aliphatic heterocycles. The van der Waals surface area contributed by atoms with Gasteiger partial charge in [-0.05, 0) is 31.0 Å². The molecular weight excluding hydrogens is 238 g/mol. The minimum absolute atomic E-state index is 0.0155. The summed E-state index contributed by atoms with van der Waals surface area (Å²) in [5.41, 5.74) is 7.04. The van der Waals surface area contributed by atoms with Crippen LogP contribution in [0, 0.1) is 5.92 Å². The molecule has 2 heterocycles. The van der Waals surface area contributed by atoms with Crippen molar-refractivity contribution in [3.63, 3.8) is 0 Å². The highest BCUT2D eigenvalue weighted by Crippen LogP contribution is 2.18. The fourth-order valence-corrected chi connectivity index (χ4v) is 2.56. The maximum Gasteiger partial charge on any atom is 0.272 e. The molecule has 98 valence electrons. The zero-order valence-electron chi connectivity index (χ0n) is 10.7. The van der Waals surface area contributed by atoms with Crippen LogP contribution in [0.4, 0.5) is 0 Å². The smallest absolute Gasteiger partial charge is 0.272 e. The minimum atomic E-state index is 0.0155. The van der Waals surface area contributed by atoms with Gasteiger partial charge in [0.15, 0.2) is 0 Å². The highest BCUT2D eigenvalue weighted by Gasteiger charge is 2.26. The van der Waals surface area contributed by atoms with Crippen LogP contribution in [-0.4, -0.2) is 35.4 Å². The van der Waals surface area contributed by atoms with Gasteiger partial charge in [0.05, 0.1) is 5.52 Å². The Morgan fingerprint density at radius 2 is 2.16 bits per heavy atom. The normalized spacial score (nSPS) is 19.0. The molecule has 19 heavy (non-hydrogen) atoms. The van der Waals surface area contributed by atoms with Crippen molar-refractivity contribution in [3.05, 3.63) is 42.1 Å². The van der Waals surface area contributed by atoms with E-state index < -0.39 is 0 Å². The van der Waals surface area contributed by atoms with Gasteiger partial charge >= 0.3 is 0 Å². The number of nitrogens with zero attached hydrogens (tertiary/aromatic N) is 2. The van der Waals surface area contributed by atoms with Crippen LogP contribution in [0.2, 0.25) is 0 Å². The average Bonchev–Trinajstić information content (AvgIpc) is 2.95. The summed E-state index contributed by atoms with van der Waals surface area (Å²) < 4.78 is 0. The highest BCUT2D eigenvalue weighted by atomic mass is 16.2. The number of hydrogen-bond donors (Lipinski definition) is 1. The van der Waals surface area contributed by atoms with Gasteiger partial charge in [-0.2, -0.15) is 0 Å². The van der Waals surface area contributed by atoms with Crippen molar-refractivity contribution in [2.75, 3.05) is 19.6 Å². The van der Waals surface area contributed by atoms with Crippen LogP contribution in [0.1, 0.15) is 16.9 Å².